The van der Waals surface area contributed by atoms with Gasteiger partial charge in [-0.2, -0.15) is 0 Å². The zero-order chi connectivity index (χ0) is 19.5. The Bertz CT molecular complexity index is 860. The number of nitrogens with one attached hydrogen (secondary N) is 1. The van der Waals surface area contributed by atoms with E-state index in [0.29, 0.717) is 18.0 Å². The molecule has 0 amide bonds. The van der Waals surface area contributed by atoms with Crippen LogP contribution in [-0.2, 0) is 20.2 Å². The van der Waals surface area contributed by atoms with E-state index in [0.717, 1.165) is 24.8 Å². The quantitative estimate of drug-likeness (QED) is 0.809. The Kier molecular flexibility index (Phi) is 5.75. The number of aryl methyl sites for hydroxylation is 1. The van der Waals surface area contributed by atoms with E-state index in [9.17, 15) is 8.42 Å². The van der Waals surface area contributed by atoms with Gasteiger partial charge in [0.05, 0.1) is 10.5 Å². The third-order valence-electron chi connectivity index (χ3n) is 5.45. The van der Waals surface area contributed by atoms with Gasteiger partial charge in [-0.25, -0.2) is 13.1 Å². The lowest BCUT2D eigenvalue weighted by Crippen LogP contribution is -2.45. The van der Waals surface area contributed by atoms with Crippen molar-refractivity contribution in [1.29, 1.82) is 0 Å². The number of hydrogen-bond donors (Lipinski definition) is 1. The SMILES string of the molecule is Cc1ccc(S(=O)(=O)NCC[C@]2(c3ccccc3)CCOC(C)(C)C2)cc1. The van der Waals surface area contributed by atoms with Crippen LogP contribution in [0.15, 0.2) is 59.5 Å². The van der Waals surface area contributed by atoms with Gasteiger partial charge >= 0.3 is 0 Å². The van der Waals surface area contributed by atoms with Crippen LogP contribution in [0.5, 0.6) is 0 Å². The minimum absolute atomic E-state index is 0.0845. The lowest BCUT2D eigenvalue weighted by molar-refractivity contribution is -0.0837. The van der Waals surface area contributed by atoms with E-state index >= 15 is 0 Å². The van der Waals surface area contributed by atoms with Crippen LogP contribution in [0.4, 0.5) is 0 Å². The number of rotatable bonds is 6. The number of ether oxygens (including phenoxy) is 1. The first-order valence-electron chi connectivity index (χ1n) is 9.48. The van der Waals surface area contributed by atoms with Crippen LogP contribution in [0.3, 0.4) is 0 Å². The largest absolute Gasteiger partial charge is 0.376 e. The molecular formula is C22H29NO3S. The van der Waals surface area contributed by atoms with Gasteiger partial charge in [-0.05, 0) is 57.7 Å². The highest BCUT2D eigenvalue weighted by atomic mass is 32.2. The van der Waals surface area contributed by atoms with Crippen LogP contribution in [0.25, 0.3) is 0 Å². The molecule has 27 heavy (non-hydrogen) atoms. The summed E-state index contributed by atoms with van der Waals surface area (Å²) in [6.45, 7) is 7.26. The summed E-state index contributed by atoms with van der Waals surface area (Å²) in [5, 5.41) is 0. The molecule has 0 bridgehead atoms. The second kappa shape index (κ2) is 7.74. The van der Waals surface area contributed by atoms with Gasteiger partial charge in [0.1, 0.15) is 0 Å². The van der Waals surface area contributed by atoms with E-state index in [4.69, 9.17) is 4.74 Å². The maximum atomic E-state index is 12.6. The molecular weight excluding hydrogens is 358 g/mol. The molecule has 4 nitrogen and oxygen atoms in total. The fraction of sp³-hybridized carbons (Fsp3) is 0.455. The second-order valence-corrected chi connectivity index (χ2v) is 9.91. The molecule has 5 heteroatoms. The maximum Gasteiger partial charge on any atom is 0.240 e. The summed E-state index contributed by atoms with van der Waals surface area (Å²) in [4.78, 5) is 0.314. The first kappa shape index (κ1) is 20.1. The molecule has 0 aromatic heterocycles. The van der Waals surface area contributed by atoms with Crippen LogP contribution < -0.4 is 4.72 Å². The highest BCUT2D eigenvalue weighted by Gasteiger charge is 2.41. The van der Waals surface area contributed by atoms with E-state index in [1.54, 1.807) is 12.1 Å². The summed E-state index contributed by atoms with van der Waals surface area (Å²) in [6.07, 6.45) is 2.51. The molecule has 2 aromatic carbocycles. The van der Waals surface area contributed by atoms with Gasteiger partial charge in [-0.3, -0.25) is 0 Å². The fourth-order valence-corrected chi connectivity index (χ4v) is 5.13. The van der Waals surface area contributed by atoms with Gasteiger partial charge in [0.15, 0.2) is 0 Å². The summed E-state index contributed by atoms with van der Waals surface area (Å²) in [5.74, 6) is 0. The first-order chi connectivity index (χ1) is 12.7. The van der Waals surface area contributed by atoms with Gasteiger partial charge < -0.3 is 4.74 Å². The van der Waals surface area contributed by atoms with Crippen molar-refractivity contribution in [3.63, 3.8) is 0 Å². The standard InChI is InChI=1S/C22H29NO3S/c1-18-9-11-20(12-10-18)27(24,25)23-15-13-22(19-7-5-4-6-8-19)14-16-26-21(2,3)17-22/h4-12,23H,13-17H2,1-3H3/t22-/m0/s1. The summed E-state index contributed by atoms with van der Waals surface area (Å²) in [5.41, 5.74) is 2.00. The van der Waals surface area contributed by atoms with Gasteiger partial charge in [0, 0.05) is 18.6 Å². The molecule has 1 heterocycles. The van der Waals surface area contributed by atoms with Gasteiger partial charge in [0.25, 0.3) is 0 Å². The molecule has 0 unspecified atom stereocenters. The van der Waals surface area contributed by atoms with Crippen LogP contribution in [-0.4, -0.2) is 27.2 Å². The summed E-state index contributed by atoms with van der Waals surface area (Å²) >= 11 is 0. The molecule has 0 aliphatic carbocycles. The Morgan fingerprint density at radius 1 is 1.04 bits per heavy atom. The molecule has 2 aromatic rings. The lowest BCUT2D eigenvalue weighted by Gasteiger charge is -2.45. The van der Waals surface area contributed by atoms with E-state index in [1.165, 1.54) is 5.56 Å². The van der Waals surface area contributed by atoms with E-state index < -0.39 is 10.0 Å². The Labute approximate surface area is 163 Å². The molecule has 1 fully saturated rings. The predicted octanol–water partition coefficient (Wildman–Crippen LogP) is 4.19. The lowest BCUT2D eigenvalue weighted by atomic mass is 9.67. The third kappa shape index (κ3) is 4.78. The number of sulfonamides is 1. The molecule has 0 saturated carbocycles. The normalized spacial score (nSPS) is 22.5. The van der Waals surface area contributed by atoms with Crippen molar-refractivity contribution >= 4 is 10.0 Å². The van der Waals surface area contributed by atoms with E-state index in [-0.39, 0.29) is 11.0 Å². The fourth-order valence-electron chi connectivity index (χ4n) is 4.10. The second-order valence-electron chi connectivity index (χ2n) is 8.14. The zero-order valence-electron chi connectivity index (χ0n) is 16.4. The Morgan fingerprint density at radius 2 is 1.70 bits per heavy atom. The van der Waals surface area contributed by atoms with Gasteiger partial charge in [0.2, 0.25) is 10.0 Å². The Balaban J connectivity index is 1.77. The first-order valence-corrected chi connectivity index (χ1v) is 11.0. The molecule has 1 aliphatic rings. The van der Waals surface area contributed by atoms with Crippen molar-refractivity contribution in [2.24, 2.45) is 0 Å². The maximum absolute atomic E-state index is 12.6. The van der Waals surface area contributed by atoms with Gasteiger partial charge in [-0.1, -0.05) is 48.0 Å². The molecule has 0 radical (unpaired) electrons. The predicted molar refractivity (Wildman–Crippen MR) is 108 cm³/mol. The van der Waals surface area contributed by atoms with Crippen LogP contribution >= 0.6 is 0 Å². The average molecular weight is 388 g/mol. The van der Waals surface area contributed by atoms with Crippen molar-refractivity contribution < 1.29 is 13.2 Å². The zero-order valence-corrected chi connectivity index (χ0v) is 17.2. The molecule has 1 atom stereocenters. The highest BCUT2D eigenvalue weighted by Crippen LogP contribution is 2.43. The minimum Gasteiger partial charge on any atom is -0.376 e. The molecule has 146 valence electrons. The molecule has 1 saturated heterocycles. The Morgan fingerprint density at radius 3 is 2.33 bits per heavy atom. The molecule has 1 aliphatic heterocycles. The van der Waals surface area contributed by atoms with E-state index in [2.05, 4.69) is 42.8 Å². The van der Waals surface area contributed by atoms with Crippen molar-refractivity contribution in [3.8, 4) is 0 Å². The van der Waals surface area contributed by atoms with Crippen LogP contribution in [0.1, 0.15) is 44.2 Å². The van der Waals surface area contributed by atoms with Crippen LogP contribution in [0.2, 0.25) is 0 Å². The topological polar surface area (TPSA) is 55.4 Å². The van der Waals surface area contributed by atoms with Gasteiger partial charge in [-0.15, -0.1) is 0 Å². The van der Waals surface area contributed by atoms with Crippen molar-refractivity contribution in [1.82, 2.24) is 4.72 Å². The summed E-state index contributed by atoms with van der Waals surface area (Å²) < 4.78 is 34.0. The summed E-state index contributed by atoms with van der Waals surface area (Å²) in [7, 11) is -3.50. The van der Waals surface area contributed by atoms with Crippen molar-refractivity contribution in [3.05, 3.63) is 65.7 Å². The minimum atomic E-state index is -3.50. The molecule has 1 N–H and O–H groups in total. The average Bonchev–Trinajstić information content (AvgIpc) is 2.62. The summed E-state index contributed by atoms with van der Waals surface area (Å²) in [6, 6.07) is 17.4. The number of benzene rings is 2. The smallest absolute Gasteiger partial charge is 0.240 e. The van der Waals surface area contributed by atoms with Crippen LogP contribution in [0, 0.1) is 6.92 Å². The number of hydrogen-bond acceptors (Lipinski definition) is 3. The molecule has 0 spiro atoms. The third-order valence-corrected chi connectivity index (χ3v) is 6.93. The van der Waals surface area contributed by atoms with Crippen molar-refractivity contribution in [2.45, 2.75) is 55.9 Å². The highest BCUT2D eigenvalue weighted by molar-refractivity contribution is 7.89. The van der Waals surface area contributed by atoms with E-state index in [1.807, 2.05) is 25.1 Å². The monoisotopic (exact) mass is 387 g/mol. The Hall–Kier alpha value is -1.69. The van der Waals surface area contributed by atoms with Crippen molar-refractivity contribution in [2.75, 3.05) is 13.2 Å². The molecule has 3 rings (SSSR count).